The molecule has 0 aromatic carbocycles. The van der Waals surface area contributed by atoms with Gasteiger partial charge in [-0.25, -0.2) is 0 Å². The van der Waals surface area contributed by atoms with Crippen molar-refractivity contribution in [1.82, 2.24) is 4.57 Å². The van der Waals surface area contributed by atoms with Crippen LogP contribution in [0.5, 0.6) is 0 Å². The van der Waals surface area contributed by atoms with Crippen molar-refractivity contribution in [3.05, 3.63) is 19.7 Å². The first-order valence-corrected chi connectivity index (χ1v) is 7.55. The first-order chi connectivity index (χ1) is 9.90. The van der Waals surface area contributed by atoms with E-state index in [9.17, 15) is 14.4 Å². The summed E-state index contributed by atoms with van der Waals surface area (Å²) in [5, 5.41) is 0.0952. The number of carbonyl (C=O) groups excluding carboxylic acids is 2. The average Bonchev–Trinajstić information content (AvgIpc) is 2.67. The Morgan fingerprint density at radius 1 is 1.33 bits per heavy atom. The van der Waals surface area contributed by atoms with Crippen molar-refractivity contribution >= 4 is 34.9 Å². The molecule has 1 aromatic rings. The van der Waals surface area contributed by atoms with Crippen LogP contribution in [0.15, 0.2) is 4.79 Å². The van der Waals surface area contributed by atoms with Gasteiger partial charge in [0.2, 0.25) is 0 Å². The van der Waals surface area contributed by atoms with Crippen LogP contribution in [0.2, 0.25) is 5.15 Å². The summed E-state index contributed by atoms with van der Waals surface area (Å²) in [6, 6.07) is -0.906. The molecule has 1 aromatic heterocycles. The second-order valence-electron chi connectivity index (χ2n) is 4.04. The van der Waals surface area contributed by atoms with Gasteiger partial charge in [0.15, 0.2) is 0 Å². The van der Waals surface area contributed by atoms with Crippen molar-refractivity contribution in [3.63, 3.8) is 0 Å². The van der Waals surface area contributed by atoms with Crippen LogP contribution in [-0.2, 0) is 32.0 Å². The van der Waals surface area contributed by atoms with E-state index in [2.05, 4.69) is 0 Å². The minimum atomic E-state index is -0.906. The molecule has 0 spiro atoms. The number of thiazole rings is 1. The third kappa shape index (κ3) is 4.83. The van der Waals surface area contributed by atoms with Crippen molar-refractivity contribution in [2.24, 2.45) is 5.73 Å². The summed E-state index contributed by atoms with van der Waals surface area (Å²) in [5.74, 6) is -1.12. The largest absolute Gasteiger partial charge is 0.465 e. The van der Waals surface area contributed by atoms with Crippen molar-refractivity contribution in [1.29, 1.82) is 0 Å². The number of nitrogens with zero attached hydrogens (tertiary/aromatic N) is 1. The first kappa shape index (κ1) is 17.7. The summed E-state index contributed by atoms with van der Waals surface area (Å²) < 4.78 is 10.6. The van der Waals surface area contributed by atoms with Crippen molar-refractivity contribution in [3.8, 4) is 0 Å². The van der Waals surface area contributed by atoms with Gasteiger partial charge in [0.1, 0.15) is 17.7 Å². The molecule has 2 N–H and O–H groups in total. The lowest BCUT2D eigenvalue weighted by Crippen LogP contribution is -2.34. The Morgan fingerprint density at radius 3 is 2.52 bits per heavy atom. The zero-order chi connectivity index (χ0) is 16.0. The lowest BCUT2D eigenvalue weighted by Gasteiger charge is -2.09. The van der Waals surface area contributed by atoms with E-state index in [0.717, 1.165) is 15.9 Å². The molecule has 0 bridgehead atoms. The molecule has 0 fully saturated rings. The van der Waals surface area contributed by atoms with Crippen LogP contribution < -0.4 is 10.6 Å². The van der Waals surface area contributed by atoms with Gasteiger partial charge in [0.25, 0.3) is 0 Å². The van der Waals surface area contributed by atoms with E-state index < -0.39 is 22.9 Å². The Hall–Kier alpha value is -1.38. The van der Waals surface area contributed by atoms with Gasteiger partial charge in [-0.05, 0) is 13.8 Å². The zero-order valence-electron chi connectivity index (χ0n) is 11.8. The number of esters is 2. The molecule has 1 rings (SSSR count). The molecule has 21 heavy (non-hydrogen) atoms. The lowest BCUT2D eigenvalue weighted by molar-refractivity contribution is -0.145. The monoisotopic (exact) mass is 336 g/mol. The Labute approximate surface area is 130 Å². The van der Waals surface area contributed by atoms with E-state index in [4.69, 9.17) is 26.8 Å². The zero-order valence-corrected chi connectivity index (χ0v) is 13.3. The van der Waals surface area contributed by atoms with Crippen LogP contribution in [0.4, 0.5) is 0 Å². The predicted molar refractivity (Wildman–Crippen MR) is 78.5 cm³/mol. The van der Waals surface area contributed by atoms with Gasteiger partial charge in [0, 0.05) is 11.3 Å². The predicted octanol–water partition coefficient (Wildman–Crippen LogP) is 0.559. The summed E-state index contributed by atoms with van der Waals surface area (Å²) in [5.41, 5.74) is 5.68. The summed E-state index contributed by atoms with van der Waals surface area (Å²) in [6.07, 6.45) is 0.0768. The summed E-state index contributed by atoms with van der Waals surface area (Å²) in [6.45, 7) is 3.51. The first-order valence-electron chi connectivity index (χ1n) is 6.36. The molecular formula is C12H17ClN2O5S. The minimum absolute atomic E-state index is 0.0768. The van der Waals surface area contributed by atoms with Crippen molar-refractivity contribution < 1.29 is 19.1 Å². The number of aromatic nitrogens is 1. The molecule has 0 radical (unpaired) electrons. The van der Waals surface area contributed by atoms with E-state index in [0.29, 0.717) is 4.88 Å². The van der Waals surface area contributed by atoms with E-state index in [1.807, 2.05) is 0 Å². The van der Waals surface area contributed by atoms with E-state index in [-0.39, 0.29) is 31.3 Å². The minimum Gasteiger partial charge on any atom is -0.465 e. The smallest absolute Gasteiger partial charge is 0.326 e. The molecule has 1 atom stereocenters. The van der Waals surface area contributed by atoms with Crippen molar-refractivity contribution in [2.45, 2.75) is 32.9 Å². The van der Waals surface area contributed by atoms with Gasteiger partial charge in [-0.2, -0.15) is 0 Å². The maximum absolute atomic E-state index is 11.8. The number of carbonyl (C=O) groups is 2. The Morgan fingerprint density at radius 2 is 1.95 bits per heavy atom. The molecule has 1 unspecified atom stereocenters. The summed E-state index contributed by atoms with van der Waals surface area (Å²) in [7, 11) is 0. The fourth-order valence-corrected chi connectivity index (χ4v) is 2.87. The molecule has 0 aliphatic carbocycles. The second kappa shape index (κ2) is 8.16. The highest BCUT2D eigenvalue weighted by atomic mass is 35.5. The lowest BCUT2D eigenvalue weighted by atomic mass is 10.2. The number of hydrogen-bond donors (Lipinski definition) is 1. The number of ether oxygens (including phenoxy) is 2. The standard InChI is InChI=1S/C12H17ClN2O5S/c1-3-19-9(16)6-15-10(13)8(21-12(15)18)5-7(14)11(17)20-4-2/h7H,3-6,14H2,1-2H3. The number of rotatable bonds is 7. The van der Waals surface area contributed by atoms with Gasteiger partial charge < -0.3 is 15.2 Å². The SMILES string of the molecule is CCOC(=O)Cn1c(Cl)c(CC(N)C(=O)OCC)sc1=O. The molecule has 7 nitrogen and oxygen atoms in total. The Kier molecular flexibility index (Phi) is 6.86. The van der Waals surface area contributed by atoms with Crippen LogP contribution in [0.3, 0.4) is 0 Å². The van der Waals surface area contributed by atoms with Crippen LogP contribution in [0.25, 0.3) is 0 Å². The van der Waals surface area contributed by atoms with E-state index in [1.54, 1.807) is 13.8 Å². The molecule has 1 heterocycles. The number of nitrogens with two attached hydrogens (primary N) is 1. The fraction of sp³-hybridized carbons (Fsp3) is 0.583. The maximum Gasteiger partial charge on any atom is 0.326 e. The summed E-state index contributed by atoms with van der Waals surface area (Å²) >= 11 is 6.90. The molecule has 0 saturated heterocycles. The normalized spacial score (nSPS) is 12.0. The van der Waals surface area contributed by atoms with E-state index in [1.165, 1.54) is 0 Å². The van der Waals surface area contributed by atoms with Crippen LogP contribution in [0.1, 0.15) is 18.7 Å². The Balaban J connectivity index is 2.84. The van der Waals surface area contributed by atoms with Crippen molar-refractivity contribution in [2.75, 3.05) is 13.2 Å². The highest BCUT2D eigenvalue weighted by Crippen LogP contribution is 2.20. The quantitative estimate of drug-likeness (QED) is 0.730. The summed E-state index contributed by atoms with van der Waals surface area (Å²) in [4.78, 5) is 34.7. The van der Waals surface area contributed by atoms with Crippen LogP contribution in [0, 0.1) is 0 Å². The molecule has 118 valence electrons. The fourth-order valence-electron chi connectivity index (χ4n) is 1.56. The third-order valence-electron chi connectivity index (χ3n) is 2.49. The molecule has 0 aliphatic heterocycles. The van der Waals surface area contributed by atoms with E-state index >= 15 is 0 Å². The third-order valence-corrected chi connectivity index (χ3v) is 4.03. The Bertz CT molecular complexity index is 568. The maximum atomic E-state index is 11.8. The van der Waals surface area contributed by atoms with Gasteiger partial charge in [0.05, 0.1) is 13.2 Å². The number of halogens is 1. The van der Waals surface area contributed by atoms with Gasteiger partial charge in [-0.3, -0.25) is 19.0 Å². The average molecular weight is 337 g/mol. The van der Waals surface area contributed by atoms with Gasteiger partial charge >= 0.3 is 16.8 Å². The second-order valence-corrected chi connectivity index (χ2v) is 5.44. The molecular weight excluding hydrogens is 320 g/mol. The highest BCUT2D eigenvalue weighted by molar-refractivity contribution is 7.09. The molecule has 0 amide bonds. The molecule has 9 heteroatoms. The molecule has 0 saturated carbocycles. The topological polar surface area (TPSA) is 101 Å². The van der Waals surface area contributed by atoms with Crippen LogP contribution in [-0.4, -0.2) is 35.8 Å². The molecule has 0 aliphatic rings. The highest BCUT2D eigenvalue weighted by Gasteiger charge is 2.22. The number of hydrogen-bond acceptors (Lipinski definition) is 7. The van der Waals surface area contributed by atoms with Gasteiger partial charge in [-0.15, -0.1) is 0 Å². The van der Waals surface area contributed by atoms with Crippen LogP contribution >= 0.6 is 22.9 Å². The van der Waals surface area contributed by atoms with Gasteiger partial charge in [-0.1, -0.05) is 22.9 Å².